The van der Waals surface area contributed by atoms with Crippen LogP contribution >= 0.6 is 0 Å². The lowest BCUT2D eigenvalue weighted by molar-refractivity contribution is 0.221. The van der Waals surface area contributed by atoms with Gasteiger partial charge in [0.05, 0.1) is 12.8 Å². The van der Waals surface area contributed by atoms with E-state index in [2.05, 4.69) is 37.1 Å². The Bertz CT molecular complexity index is 371. The van der Waals surface area contributed by atoms with Crippen molar-refractivity contribution in [3.8, 4) is 0 Å². The van der Waals surface area contributed by atoms with Crippen molar-refractivity contribution in [2.75, 3.05) is 13.1 Å². The van der Waals surface area contributed by atoms with Gasteiger partial charge >= 0.3 is 0 Å². The minimum Gasteiger partial charge on any atom is -0.468 e. The first-order chi connectivity index (χ1) is 9.21. The van der Waals surface area contributed by atoms with Gasteiger partial charge < -0.3 is 9.73 Å². The largest absolute Gasteiger partial charge is 0.468 e. The molecule has 1 unspecified atom stereocenters. The summed E-state index contributed by atoms with van der Waals surface area (Å²) in [5.41, 5.74) is 1.28. The third-order valence-electron chi connectivity index (χ3n) is 3.97. The fourth-order valence-electron chi connectivity index (χ4n) is 2.25. The van der Waals surface area contributed by atoms with Crippen LogP contribution in [0.5, 0.6) is 0 Å². The molecule has 1 aliphatic carbocycles. The molecule has 2 rings (SSSR count). The van der Waals surface area contributed by atoms with E-state index in [1.54, 1.807) is 0 Å². The second-order valence-electron chi connectivity index (χ2n) is 5.92. The molecule has 1 heterocycles. The topological polar surface area (TPSA) is 28.4 Å². The number of furan rings is 1. The van der Waals surface area contributed by atoms with Crippen LogP contribution < -0.4 is 5.32 Å². The van der Waals surface area contributed by atoms with Crippen LogP contribution in [0, 0.1) is 5.92 Å². The third-order valence-corrected chi connectivity index (χ3v) is 3.97. The summed E-state index contributed by atoms with van der Waals surface area (Å²) < 4.78 is 5.68. The second-order valence-corrected chi connectivity index (χ2v) is 5.92. The van der Waals surface area contributed by atoms with Gasteiger partial charge in [0.25, 0.3) is 0 Å². The van der Waals surface area contributed by atoms with Gasteiger partial charge in [-0.25, -0.2) is 0 Å². The van der Waals surface area contributed by atoms with Gasteiger partial charge in [0, 0.05) is 24.7 Å². The summed E-state index contributed by atoms with van der Waals surface area (Å²) in [5, 5.41) is 3.52. The number of hydrogen-bond donors (Lipinski definition) is 1. The summed E-state index contributed by atoms with van der Waals surface area (Å²) in [6.07, 6.45) is 5.82. The molecule has 0 aromatic carbocycles. The fraction of sp³-hybridized carbons (Fsp3) is 0.750. The van der Waals surface area contributed by atoms with Gasteiger partial charge in [-0.3, -0.25) is 4.90 Å². The summed E-state index contributed by atoms with van der Waals surface area (Å²) in [5.74, 6) is 1.85. The van der Waals surface area contributed by atoms with Gasteiger partial charge in [-0.1, -0.05) is 27.2 Å². The molecule has 3 heteroatoms. The van der Waals surface area contributed by atoms with Crippen LogP contribution in [-0.4, -0.2) is 24.0 Å². The maximum Gasteiger partial charge on any atom is 0.118 e. The maximum absolute atomic E-state index is 5.68. The molecule has 1 fully saturated rings. The van der Waals surface area contributed by atoms with Crippen LogP contribution in [-0.2, 0) is 13.1 Å². The Morgan fingerprint density at radius 2 is 2.21 bits per heavy atom. The summed E-state index contributed by atoms with van der Waals surface area (Å²) in [6, 6.07) is 2.96. The first kappa shape index (κ1) is 14.6. The summed E-state index contributed by atoms with van der Waals surface area (Å²) in [7, 11) is 0. The van der Waals surface area contributed by atoms with E-state index in [-0.39, 0.29) is 0 Å². The molecular weight excluding hydrogens is 236 g/mol. The van der Waals surface area contributed by atoms with E-state index >= 15 is 0 Å². The lowest BCUT2D eigenvalue weighted by Crippen LogP contribution is -2.27. The molecule has 1 N–H and O–H groups in total. The Kier molecular flexibility index (Phi) is 5.46. The lowest BCUT2D eigenvalue weighted by atomic mass is 10.1. The molecule has 1 saturated carbocycles. The van der Waals surface area contributed by atoms with Crippen LogP contribution in [0.15, 0.2) is 16.7 Å². The number of hydrogen-bond acceptors (Lipinski definition) is 3. The number of rotatable bonds is 9. The zero-order valence-electron chi connectivity index (χ0n) is 12.6. The Balaban J connectivity index is 1.79. The Morgan fingerprint density at radius 3 is 2.84 bits per heavy atom. The molecule has 1 aromatic heterocycles. The van der Waals surface area contributed by atoms with Gasteiger partial charge in [-0.2, -0.15) is 0 Å². The molecule has 1 aromatic rings. The van der Waals surface area contributed by atoms with Crippen LogP contribution in [0.2, 0.25) is 0 Å². The maximum atomic E-state index is 5.68. The van der Waals surface area contributed by atoms with Crippen LogP contribution in [0.1, 0.15) is 51.4 Å². The molecule has 0 saturated heterocycles. The Labute approximate surface area is 117 Å². The molecule has 1 aliphatic rings. The molecule has 0 aliphatic heterocycles. The predicted octanol–water partition coefficient (Wildman–Crippen LogP) is 3.40. The molecule has 0 amide bonds. The van der Waals surface area contributed by atoms with Gasteiger partial charge in [0.1, 0.15) is 5.76 Å². The number of nitrogens with one attached hydrogen (secondary N) is 1. The van der Waals surface area contributed by atoms with Crippen molar-refractivity contribution >= 4 is 0 Å². The third kappa shape index (κ3) is 5.00. The Hall–Kier alpha value is -0.800. The molecule has 3 nitrogen and oxygen atoms in total. The highest BCUT2D eigenvalue weighted by atomic mass is 16.3. The van der Waals surface area contributed by atoms with E-state index in [4.69, 9.17) is 4.42 Å². The van der Waals surface area contributed by atoms with Crippen molar-refractivity contribution in [2.45, 2.75) is 59.2 Å². The van der Waals surface area contributed by atoms with Crippen molar-refractivity contribution in [3.63, 3.8) is 0 Å². The van der Waals surface area contributed by atoms with Crippen molar-refractivity contribution in [1.82, 2.24) is 10.2 Å². The molecule has 0 spiro atoms. The average Bonchev–Trinajstić information content (AvgIpc) is 3.15. The average molecular weight is 264 g/mol. The first-order valence-electron chi connectivity index (χ1n) is 7.73. The van der Waals surface area contributed by atoms with E-state index in [0.29, 0.717) is 0 Å². The molecule has 1 atom stereocenters. The SMILES string of the molecule is CCC(C)CN(CC)Cc1cc(CNC2CC2)co1. The molecule has 0 bridgehead atoms. The summed E-state index contributed by atoms with van der Waals surface area (Å²) in [6.45, 7) is 10.9. The minimum absolute atomic E-state index is 0.755. The monoisotopic (exact) mass is 264 g/mol. The van der Waals surface area contributed by atoms with E-state index in [0.717, 1.165) is 43.9 Å². The van der Waals surface area contributed by atoms with Crippen LogP contribution in [0.3, 0.4) is 0 Å². The van der Waals surface area contributed by atoms with Gasteiger partial charge in [-0.05, 0) is 31.4 Å². The van der Waals surface area contributed by atoms with Crippen molar-refractivity contribution < 1.29 is 4.42 Å². The van der Waals surface area contributed by atoms with Gasteiger partial charge in [-0.15, -0.1) is 0 Å². The highest BCUT2D eigenvalue weighted by Gasteiger charge is 2.20. The normalized spacial score (nSPS) is 17.1. The highest BCUT2D eigenvalue weighted by molar-refractivity contribution is 5.13. The quantitative estimate of drug-likeness (QED) is 0.741. The Morgan fingerprint density at radius 1 is 1.42 bits per heavy atom. The van der Waals surface area contributed by atoms with E-state index < -0.39 is 0 Å². The van der Waals surface area contributed by atoms with E-state index in [9.17, 15) is 0 Å². The molecule has 0 radical (unpaired) electrons. The van der Waals surface area contributed by atoms with Crippen molar-refractivity contribution in [2.24, 2.45) is 5.92 Å². The van der Waals surface area contributed by atoms with E-state index in [1.165, 1.54) is 24.8 Å². The summed E-state index contributed by atoms with van der Waals surface area (Å²) in [4.78, 5) is 2.46. The van der Waals surface area contributed by atoms with Gasteiger partial charge in [0.2, 0.25) is 0 Å². The lowest BCUT2D eigenvalue weighted by Gasteiger charge is -2.22. The highest BCUT2D eigenvalue weighted by Crippen LogP contribution is 2.20. The zero-order chi connectivity index (χ0) is 13.7. The molecule has 108 valence electrons. The predicted molar refractivity (Wildman–Crippen MR) is 79.0 cm³/mol. The zero-order valence-corrected chi connectivity index (χ0v) is 12.6. The smallest absolute Gasteiger partial charge is 0.118 e. The van der Waals surface area contributed by atoms with Crippen molar-refractivity contribution in [3.05, 3.63) is 23.7 Å². The standard InChI is InChI=1S/C16H28N2O/c1-4-13(3)10-18(5-2)11-16-8-14(12-19-16)9-17-15-6-7-15/h8,12-13,15,17H,4-7,9-11H2,1-3H3. The summed E-state index contributed by atoms with van der Waals surface area (Å²) >= 11 is 0. The molecule has 19 heavy (non-hydrogen) atoms. The van der Waals surface area contributed by atoms with Crippen LogP contribution in [0.25, 0.3) is 0 Å². The van der Waals surface area contributed by atoms with E-state index in [1.807, 2.05) is 6.26 Å². The molecular formula is C16H28N2O. The van der Waals surface area contributed by atoms with Crippen molar-refractivity contribution in [1.29, 1.82) is 0 Å². The fourth-order valence-corrected chi connectivity index (χ4v) is 2.25. The van der Waals surface area contributed by atoms with Crippen LogP contribution in [0.4, 0.5) is 0 Å². The first-order valence-corrected chi connectivity index (χ1v) is 7.73. The van der Waals surface area contributed by atoms with Gasteiger partial charge in [0.15, 0.2) is 0 Å². The minimum atomic E-state index is 0.755. The number of nitrogens with zero attached hydrogens (tertiary/aromatic N) is 1. The second kappa shape index (κ2) is 7.11.